The first-order valence-corrected chi connectivity index (χ1v) is 24.9. The number of hydrogen-bond donors (Lipinski definition) is 1. The fourth-order valence-electron chi connectivity index (χ4n) is 7.89. The highest BCUT2D eigenvalue weighted by Crippen LogP contribution is 2.29. The van der Waals surface area contributed by atoms with Crippen molar-refractivity contribution in [2.24, 2.45) is 11.8 Å². The van der Waals surface area contributed by atoms with E-state index in [1.165, 1.54) is 165 Å². The van der Waals surface area contributed by atoms with Crippen molar-refractivity contribution in [1.82, 2.24) is 0 Å². The average molecular weight is 890 g/mol. The summed E-state index contributed by atoms with van der Waals surface area (Å²) in [6.45, 7) is 9.83. The number of aldehydes is 2. The first kappa shape index (κ1) is 54.8. The summed E-state index contributed by atoms with van der Waals surface area (Å²) in [7, 11) is 0. The third-order valence-electron chi connectivity index (χ3n) is 11.7. The van der Waals surface area contributed by atoms with E-state index in [1.54, 1.807) is 6.07 Å². The molecule has 2 atom stereocenters. The van der Waals surface area contributed by atoms with E-state index >= 15 is 0 Å². The number of phenols is 1. The van der Waals surface area contributed by atoms with E-state index in [-0.39, 0.29) is 13.2 Å². The zero-order valence-corrected chi connectivity index (χ0v) is 39.3. The van der Waals surface area contributed by atoms with Crippen molar-refractivity contribution in [1.29, 1.82) is 0 Å². The van der Waals surface area contributed by atoms with E-state index in [0.717, 1.165) is 46.1 Å². The summed E-state index contributed by atoms with van der Waals surface area (Å²) in [5.41, 5.74) is 1.05. The van der Waals surface area contributed by atoms with E-state index in [0.29, 0.717) is 23.3 Å². The summed E-state index contributed by atoms with van der Waals surface area (Å²) >= 11 is 3.68. The minimum atomic E-state index is 0. The summed E-state index contributed by atoms with van der Waals surface area (Å²) in [5, 5.41) is 14.4. The molecule has 0 aromatic heterocycles. The average Bonchev–Trinajstić information content (AvgIpc) is 3.27. The van der Waals surface area contributed by atoms with Gasteiger partial charge in [0.25, 0.3) is 0 Å². The zero-order valence-electron chi connectivity index (χ0n) is 37.7. The van der Waals surface area contributed by atoms with Crippen LogP contribution in [0.1, 0.15) is 210 Å². The van der Waals surface area contributed by atoms with Crippen molar-refractivity contribution in [2.75, 3.05) is 11.9 Å². The molecule has 0 radical (unpaired) electrons. The number of benzene rings is 4. The second-order valence-corrected chi connectivity index (χ2v) is 17.3. The van der Waals surface area contributed by atoms with Crippen LogP contribution in [0.5, 0.6) is 11.5 Å². The second kappa shape index (κ2) is 36.5. The molecule has 0 bridgehead atoms. The summed E-state index contributed by atoms with van der Waals surface area (Å²) in [4.78, 5) is 22.4. The monoisotopic (exact) mass is 889 g/mol. The third-order valence-corrected chi connectivity index (χ3v) is 12.6. The topological polar surface area (TPSA) is 63.6 Å². The second-order valence-electron chi connectivity index (χ2n) is 16.7. The predicted octanol–water partition coefficient (Wildman–Crippen LogP) is 18.1. The molecule has 336 valence electrons. The highest BCUT2D eigenvalue weighted by Gasteiger charge is 2.14. The Hall–Kier alpha value is -3.18. The molecule has 60 heavy (non-hydrogen) atoms. The highest BCUT2D eigenvalue weighted by atomic mass is 79.9. The number of aromatic hydroxyl groups is 1. The Labute approximate surface area is 376 Å². The molecule has 5 heteroatoms. The van der Waals surface area contributed by atoms with E-state index in [9.17, 15) is 14.7 Å². The van der Waals surface area contributed by atoms with Crippen LogP contribution in [0.4, 0.5) is 0 Å². The number of unbranched alkanes of at least 4 members (excludes halogenated alkanes) is 16. The van der Waals surface area contributed by atoms with Gasteiger partial charge in [-0.1, -0.05) is 240 Å². The van der Waals surface area contributed by atoms with Crippen LogP contribution in [0.2, 0.25) is 0 Å². The Bertz CT molecular complexity index is 1650. The number of halogens is 1. The van der Waals surface area contributed by atoms with Crippen molar-refractivity contribution in [2.45, 2.75) is 189 Å². The molecular weight excluding hydrogens is 805 g/mol. The number of hydrogen-bond acceptors (Lipinski definition) is 4. The van der Waals surface area contributed by atoms with E-state index < -0.39 is 0 Å². The van der Waals surface area contributed by atoms with Crippen molar-refractivity contribution in [3.63, 3.8) is 0 Å². The van der Waals surface area contributed by atoms with Crippen LogP contribution < -0.4 is 4.74 Å². The first-order valence-electron chi connectivity index (χ1n) is 23.8. The van der Waals surface area contributed by atoms with Crippen molar-refractivity contribution < 1.29 is 19.4 Å². The summed E-state index contributed by atoms with van der Waals surface area (Å²) < 4.78 is 6.22. The summed E-state index contributed by atoms with van der Waals surface area (Å²) in [5.74, 6) is 2.30. The Morgan fingerprint density at radius 3 is 1.33 bits per heavy atom. The Morgan fingerprint density at radius 2 is 0.883 bits per heavy atom. The number of rotatable bonds is 30. The third kappa shape index (κ3) is 22.6. The van der Waals surface area contributed by atoms with Crippen molar-refractivity contribution in [3.8, 4) is 11.5 Å². The lowest BCUT2D eigenvalue weighted by Gasteiger charge is -2.19. The van der Waals surface area contributed by atoms with E-state index in [4.69, 9.17) is 4.74 Å². The highest BCUT2D eigenvalue weighted by molar-refractivity contribution is 9.09. The minimum absolute atomic E-state index is 0. The van der Waals surface area contributed by atoms with Crippen LogP contribution >= 0.6 is 15.9 Å². The molecule has 0 spiro atoms. The lowest BCUT2D eigenvalue weighted by molar-refractivity contribution is 0.111. The number of carbonyl (C=O) groups is 2. The molecular formula is C55H85BrO4. The van der Waals surface area contributed by atoms with Gasteiger partial charge in [-0.2, -0.15) is 0 Å². The van der Waals surface area contributed by atoms with Gasteiger partial charge in [-0.05, 0) is 71.2 Å². The quantitative estimate of drug-likeness (QED) is 0.0322. The molecule has 4 nitrogen and oxygen atoms in total. The van der Waals surface area contributed by atoms with Gasteiger partial charge in [0.05, 0.1) is 17.7 Å². The lowest BCUT2D eigenvalue weighted by Crippen LogP contribution is -2.13. The molecule has 0 saturated carbocycles. The lowest BCUT2D eigenvalue weighted by atomic mass is 9.95. The Balaban J connectivity index is 0.000000491. The van der Waals surface area contributed by atoms with Gasteiger partial charge in [0.1, 0.15) is 11.5 Å². The largest absolute Gasteiger partial charge is 0.507 e. The predicted molar refractivity (Wildman–Crippen MR) is 267 cm³/mol. The van der Waals surface area contributed by atoms with Gasteiger partial charge in [0, 0.05) is 5.33 Å². The SMILES string of the molecule is C.CCCCCCCCC(CBr)CCCCCC.CCCCCCCCC(CCCCCC)COc1ccc2ccccc2c1C=O.O=Cc1c(O)ccc2ccccc12. The van der Waals surface area contributed by atoms with Gasteiger partial charge in [-0.3, -0.25) is 9.59 Å². The fourth-order valence-corrected chi connectivity index (χ4v) is 8.54. The standard InChI is InChI=1S/C27H40O2.C16H33Br.C11H8O2.CH4/c1-3-5-7-9-10-12-16-23(15-11-8-6-4-2)22-29-27-20-19-24-17-13-14-18-25(24)26(27)21-28;1-3-5-7-9-10-12-14-16(15-17)13-11-8-6-4-2;12-7-10-9-4-2-1-3-8(9)5-6-11(10)13;/h13-14,17-21,23H,3-12,15-16,22H2,1-2H3;16H,3-15H2,1-2H3;1-7,13H;1H4. The molecule has 0 amide bonds. The molecule has 1 N–H and O–H groups in total. The summed E-state index contributed by atoms with van der Waals surface area (Å²) in [6, 6.07) is 22.8. The number of ether oxygens (including phenoxy) is 1. The molecule has 4 aromatic rings. The summed E-state index contributed by atoms with van der Waals surface area (Å²) in [6.07, 6.45) is 34.5. The normalized spacial score (nSPS) is 11.8. The molecule has 0 fully saturated rings. The molecule has 0 heterocycles. The molecule has 4 rings (SSSR count). The van der Waals surface area contributed by atoms with Gasteiger partial charge >= 0.3 is 0 Å². The maximum absolute atomic E-state index is 11.7. The molecule has 2 unspecified atom stereocenters. The maximum atomic E-state index is 11.7. The molecule has 0 aliphatic heterocycles. The molecule has 0 aliphatic rings. The first-order chi connectivity index (χ1) is 29.0. The minimum Gasteiger partial charge on any atom is -0.507 e. The number of alkyl halides is 1. The fraction of sp³-hybridized carbons (Fsp3) is 0.600. The van der Waals surface area contributed by atoms with Gasteiger partial charge in [0.15, 0.2) is 12.6 Å². The van der Waals surface area contributed by atoms with Crippen LogP contribution in [-0.4, -0.2) is 29.6 Å². The van der Waals surface area contributed by atoms with Crippen molar-refractivity contribution in [3.05, 3.63) is 83.9 Å². The van der Waals surface area contributed by atoms with E-state index in [1.807, 2.05) is 54.6 Å². The smallest absolute Gasteiger partial charge is 0.154 e. The Morgan fingerprint density at radius 1 is 0.500 bits per heavy atom. The van der Waals surface area contributed by atoms with Crippen LogP contribution in [-0.2, 0) is 0 Å². The van der Waals surface area contributed by atoms with Gasteiger partial charge in [-0.15, -0.1) is 0 Å². The number of carbonyl (C=O) groups excluding carboxylic acids is 2. The molecule has 0 saturated heterocycles. The molecule has 0 aliphatic carbocycles. The van der Waals surface area contributed by atoms with Gasteiger partial charge < -0.3 is 9.84 Å². The van der Waals surface area contributed by atoms with Gasteiger partial charge in [0.2, 0.25) is 0 Å². The van der Waals surface area contributed by atoms with Crippen molar-refractivity contribution >= 4 is 50.0 Å². The Kier molecular flexibility index (Phi) is 33.3. The maximum Gasteiger partial charge on any atom is 0.154 e. The van der Waals surface area contributed by atoms with Crippen LogP contribution in [0.25, 0.3) is 21.5 Å². The van der Waals surface area contributed by atoms with Crippen LogP contribution in [0.15, 0.2) is 72.8 Å². The number of phenolic OH excluding ortho intramolecular Hbond substituents is 1. The van der Waals surface area contributed by atoms with Crippen LogP contribution in [0, 0.1) is 11.8 Å². The van der Waals surface area contributed by atoms with Crippen LogP contribution in [0.3, 0.4) is 0 Å². The van der Waals surface area contributed by atoms with Gasteiger partial charge in [-0.25, -0.2) is 0 Å². The number of fused-ring (bicyclic) bond motifs is 2. The zero-order chi connectivity index (χ0) is 42.8. The van der Waals surface area contributed by atoms with E-state index in [2.05, 4.69) is 49.7 Å². The molecule has 4 aromatic carbocycles.